The highest BCUT2D eigenvalue weighted by atomic mass is 79.9. The van der Waals surface area contributed by atoms with Gasteiger partial charge >= 0.3 is 6.18 Å². The number of aromatic nitrogens is 1. The number of nitrogens with zero attached hydrogens (tertiary/aromatic N) is 2. The van der Waals surface area contributed by atoms with Crippen LogP contribution < -0.4 is 4.90 Å². The van der Waals surface area contributed by atoms with Crippen LogP contribution in [0.15, 0.2) is 16.7 Å². The molecule has 0 bridgehead atoms. The number of aliphatic hydroxyl groups is 1. The molecule has 0 spiro atoms. The van der Waals surface area contributed by atoms with Crippen molar-refractivity contribution in [2.24, 2.45) is 0 Å². The largest absolute Gasteiger partial charge is 0.405 e. The number of halogens is 4. The number of rotatable bonds is 4. The Morgan fingerprint density at radius 2 is 2.12 bits per heavy atom. The summed E-state index contributed by atoms with van der Waals surface area (Å²) < 4.78 is 37.6. The SMILES string of the molecule is Cc1cnc(N(CCO)CC(F)(F)F)c(Br)c1. The molecular formula is C10H12BrF3N2O. The van der Waals surface area contributed by atoms with Crippen molar-refractivity contribution < 1.29 is 18.3 Å². The summed E-state index contributed by atoms with van der Waals surface area (Å²) in [5, 5.41) is 8.79. The van der Waals surface area contributed by atoms with Crippen molar-refractivity contribution in [3.05, 3.63) is 22.3 Å². The van der Waals surface area contributed by atoms with Gasteiger partial charge in [-0.1, -0.05) is 0 Å². The molecule has 96 valence electrons. The van der Waals surface area contributed by atoms with Gasteiger partial charge in [-0.3, -0.25) is 0 Å². The van der Waals surface area contributed by atoms with Crippen molar-refractivity contribution in [3.63, 3.8) is 0 Å². The van der Waals surface area contributed by atoms with Gasteiger partial charge in [0.1, 0.15) is 12.4 Å². The Labute approximate surface area is 105 Å². The van der Waals surface area contributed by atoms with Gasteiger partial charge in [0.05, 0.1) is 11.1 Å². The van der Waals surface area contributed by atoms with Crippen molar-refractivity contribution >= 4 is 21.7 Å². The predicted octanol–water partition coefficient (Wildman–Crippen LogP) is 2.51. The second-order valence-corrected chi connectivity index (χ2v) is 4.43. The van der Waals surface area contributed by atoms with E-state index in [1.54, 1.807) is 13.0 Å². The third kappa shape index (κ3) is 4.51. The number of alkyl halides is 3. The van der Waals surface area contributed by atoms with Crippen LogP contribution in [0.1, 0.15) is 5.56 Å². The molecule has 1 aromatic rings. The Bertz CT molecular complexity index is 384. The molecule has 0 aliphatic rings. The van der Waals surface area contributed by atoms with Crippen LogP contribution in [0.2, 0.25) is 0 Å². The van der Waals surface area contributed by atoms with Crippen LogP contribution in [0.4, 0.5) is 19.0 Å². The van der Waals surface area contributed by atoms with Gasteiger partial charge in [-0.15, -0.1) is 0 Å². The van der Waals surface area contributed by atoms with E-state index < -0.39 is 12.7 Å². The number of aryl methyl sites for hydroxylation is 1. The monoisotopic (exact) mass is 312 g/mol. The lowest BCUT2D eigenvalue weighted by Crippen LogP contribution is -2.37. The number of aliphatic hydroxyl groups excluding tert-OH is 1. The summed E-state index contributed by atoms with van der Waals surface area (Å²) in [7, 11) is 0. The summed E-state index contributed by atoms with van der Waals surface area (Å²) in [5.41, 5.74) is 0.844. The molecule has 1 heterocycles. The first kappa shape index (κ1) is 14.2. The number of hydrogen-bond acceptors (Lipinski definition) is 3. The van der Waals surface area contributed by atoms with E-state index in [0.717, 1.165) is 10.5 Å². The minimum absolute atomic E-state index is 0.117. The lowest BCUT2D eigenvalue weighted by Gasteiger charge is -2.25. The lowest BCUT2D eigenvalue weighted by atomic mass is 10.3. The topological polar surface area (TPSA) is 36.4 Å². The van der Waals surface area contributed by atoms with Crippen molar-refractivity contribution in [2.45, 2.75) is 13.1 Å². The molecule has 0 atom stereocenters. The molecule has 0 fully saturated rings. The maximum atomic E-state index is 12.4. The Hall–Kier alpha value is -0.820. The van der Waals surface area contributed by atoms with Crippen LogP contribution in [0, 0.1) is 6.92 Å². The Balaban J connectivity index is 2.97. The third-order valence-electron chi connectivity index (χ3n) is 2.00. The van der Waals surface area contributed by atoms with Crippen molar-refractivity contribution in [3.8, 4) is 0 Å². The molecule has 1 N–H and O–H groups in total. The fraction of sp³-hybridized carbons (Fsp3) is 0.500. The van der Waals surface area contributed by atoms with Gasteiger partial charge in [-0.25, -0.2) is 4.98 Å². The van der Waals surface area contributed by atoms with Crippen LogP contribution in [-0.4, -0.2) is 36.0 Å². The first-order valence-electron chi connectivity index (χ1n) is 4.88. The van der Waals surface area contributed by atoms with E-state index in [0.29, 0.717) is 4.47 Å². The Morgan fingerprint density at radius 1 is 1.47 bits per heavy atom. The molecule has 0 unspecified atom stereocenters. The average Bonchev–Trinajstić information content (AvgIpc) is 2.14. The summed E-state index contributed by atoms with van der Waals surface area (Å²) in [6, 6.07) is 1.68. The Morgan fingerprint density at radius 3 is 2.59 bits per heavy atom. The smallest absolute Gasteiger partial charge is 0.395 e. The molecule has 17 heavy (non-hydrogen) atoms. The fourth-order valence-electron chi connectivity index (χ4n) is 1.36. The molecule has 0 aliphatic carbocycles. The molecule has 0 aromatic carbocycles. The second kappa shape index (κ2) is 5.68. The second-order valence-electron chi connectivity index (χ2n) is 3.58. The normalized spacial score (nSPS) is 11.6. The van der Waals surface area contributed by atoms with Crippen LogP contribution in [-0.2, 0) is 0 Å². The first-order valence-corrected chi connectivity index (χ1v) is 5.67. The molecule has 0 aliphatic heterocycles. The first-order chi connectivity index (χ1) is 7.83. The summed E-state index contributed by atoms with van der Waals surface area (Å²) in [6.07, 6.45) is -2.85. The summed E-state index contributed by atoms with van der Waals surface area (Å²) in [6.45, 7) is 0.177. The van der Waals surface area contributed by atoms with Gasteiger partial charge in [0.25, 0.3) is 0 Å². The maximum Gasteiger partial charge on any atom is 0.405 e. The number of anilines is 1. The number of hydrogen-bond donors (Lipinski definition) is 1. The van der Waals surface area contributed by atoms with Gasteiger partial charge in [0.15, 0.2) is 0 Å². The highest BCUT2D eigenvalue weighted by molar-refractivity contribution is 9.10. The molecule has 0 amide bonds. The zero-order valence-corrected chi connectivity index (χ0v) is 10.7. The van der Waals surface area contributed by atoms with E-state index in [1.165, 1.54) is 6.20 Å². The van der Waals surface area contributed by atoms with Gasteiger partial charge < -0.3 is 10.0 Å². The molecule has 1 aromatic heterocycles. The Kier molecular flexibility index (Phi) is 4.76. The molecule has 7 heteroatoms. The molecule has 0 radical (unpaired) electrons. The summed E-state index contributed by atoms with van der Waals surface area (Å²) in [5.74, 6) is 0.182. The number of pyridine rings is 1. The van der Waals surface area contributed by atoms with E-state index in [1.807, 2.05) is 0 Å². The lowest BCUT2D eigenvalue weighted by molar-refractivity contribution is -0.120. The van der Waals surface area contributed by atoms with Crippen LogP contribution in [0.25, 0.3) is 0 Å². The van der Waals surface area contributed by atoms with Crippen molar-refractivity contribution in [1.29, 1.82) is 0 Å². The zero-order valence-electron chi connectivity index (χ0n) is 9.13. The van der Waals surface area contributed by atoms with E-state index in [2.05, 4.69) is 20.9 Å². The quantitative estimate of drug-likeness (QED) is 0.928. The van der Waals surface area contributed by atoms with Crippen LogP contribution in [0.5, 0.6) is 0 Å². The predicted molar refractivity (Wildman–Crippen MR) is 62.0 cm³/mol. The summed E-state index contributed by atoms with van der Waals surface area (Å²) in [4.78, 5) is 4.94. The van der Waals surface area contributed by atoms with Gasteiger partial charge in [0.2, 0.25) is 0 Å². The van der Waals surface area contributed by atoms with Gasteiger partial charge in [-0.05, 0) is 34.5 Å². The van der Waals surface area contributed by atoms with Crippen molar-refractivity contribution in [2.75, 3.05) is 24.6 Å². The minimum Gasteiger partial charge on any atom is -0.395 e. The summed E-state index contributed by atoms with van der Waals surface area (Å²) >= 11 is 3.17. The van der Waals surface area contributed by atoms with Gasteiger partial charge in [-0.2, -0.15) is 13.2 Å². The standard InChI is InChI=1S/C10H12BrF3N2O/c1-7-4-8(11)9(15-5-7)16(2-3-17)6-10(12,13)14/h4-5,17H,2-3,6H2,1H3. The third-order valence-corrected chi connectivity index (χ3v) is 2.58. The molecule has 0 saturated heterocycles. The highest BCUT2D eigenvalue weighted by Gasteiger charge is 2.31. The highest BCUT2D eigenvalue weighted by Crippen LogP contribution is 2.27. The fourth-order valence-corrected chi connectivity index (χ4v) is 2.07. The average molecular weight is 313 g/mol. The molecule has 0 saturated carbocycles. The van der Waals surface area contributed by atoms with Crippen LogP contribution in [0.3, 0.4) is 0 Å². The maximum absolute atomic E-state index is 12.4. The van der Waals surface area contributed by atoms with Crippen molar-refractivity contribution in [1.82, 2.24) is 4.98 Å². The van der Waals surface area contributed by atoms with E-state index >= 15 is 0 Å². The molecule has 1 rings (SSSR count). The van der Waals surface area contributed by atoms with Gasteiger partial charge in [0, 0.05) is 12.7 Å². The van der Waals surface area contributed by atoms with E-state index in [4.69, 9.17) is 5.11 Å². The van der Waals surface area contributed by atoms with Crippen LogP contribution >= 0.6 is 15.9 Å². The minimum atomic E-state index is -4.33. The van der Waals surface area contributed by atoms with E-state index in [9.17, 15) is 13.2 Å². The molecular weight excluding hydrogens is 301 g/mol. The zero-order chi connectivity index (χ0) is 13.1. The molecule has 3 nitrogen and oxygen atoms in total. The van der Waals surface area contributed by atoms with E-state index in [-0.39, 0.29) is 19.0 Å².